The molecule has 0 amide bonds. The van der Waals surface area contributed by atoms with Gasteiger partial charge in [0, 0.05) is 24.1 Å². The van der Waals surface area contributed by atoms with Gasteiger partial charge in [0.2, 0.25) is 11.2 Å². The molecule has 0 aliphatic carbocycles. The molecule has 3 aromatic rings. The van der Waals surface area contributed by atoms with Crippen LogP contribution >= 0.6 is 0 Å². The lowest BCUT2D eigenvalue weighted by molar-refractivity contribution is -0.134. The molecular formula is C32H42O7. The molecule has 7 heteroatoms. The fraction of sp³-hybridized carbons (Fsp3) is 0.500. The third-order valence-electron chi connectivity index (χ3n) is 7.00. The van der Waals surface area contributed by atoms with Gasteiger partial charge in [0.05, 0.1) is 0 Å². The fourth-order valence-corrected chi connectivity index (χ4v) is 4.79. The van der Waals surface area contributed by atoms with Crippen LogP contribution in [0.1, 0.15) is 103 Å². The Bertz CT molecular complexity index is 1240. The van der Waals surface area contributed by atoms with Crippen molar-refractivity contribution >= 4 is 16.9 Å². The Balaban J connectivity index is 1.49. The number of aromatic hydroxyl groups is 3. The number of ether oxygens (including phenoxy) is 1. The highest BCUT2D eigenvalue weighted by molar-refractivity contribution is 5.89. The van der Waals surface area contributed by atoms with E-state index < -0.39 is 17.1 Å². The molecule has 1 heterocycles. The van der Waals surface area contributed by atoms with Gasteiger partial charge in [0.25, 0.3) is 0 Å². The molecule has 0 aliphatic heterocycles. The highest BCUT2D eigenvalue weighted by Gasteiger charge is 2.23. The van der Waals surface area contributed by atoms with E-state index in [9.17, 15) is 24.9 Å². The topological polar surface area (TPSA) is 117 Å². The number of carbonyl (C=O) groups is 1. The second kappa shape index (κ2) is 15.8. The van der Waals surface area contributed by atoms with Gasteiger partial charge >= 0.3 is 5.97 Å². The average Bonchev–Trinajstić information content (AvgIpc) is 2.90. The Kier molecular flexibility index (Phi) is 12.2. The van der Waals surface area contributed by atoms with Crippen molar-refractivity contribution in [1.82, 2.24) is 0 Å². The van der Waals surface area contributed by atoms with Crippen LogP contribution < -0.4 is 10.2 Å². The van der Waals surface area contributed by atoms with Gasteiger partial charge in [-0.3, -0.25) is 9.59 Å². The number of phenolic OH excluding ortho intramolecular Hbond substituents is 3. The highest BCUT2D eigenvalue weighted by Crippen LogP contribution is 2.36. The Morgan fingerprint density at radius 3 is 1.85 bits per heavy atom. The second-order valence-electron chi connectivity index (χ2n) is 10.3. The zero-order valence-electron chi connectivity index (χ0n) is 23.0. The molecular weight excluding hydrogens is 496 g/mol. The summed E-state index contributed by atoms with van der Waals surface area (Å²) in [6.45, 7) is 2.24. The molecule has 3 rings (SSSR count). The number of rotatable bonds is 17. The third-order valence-corrected chi connectivity index (χ3v) is 7.00. The molecule has 0 spiro atoms. The number of hydrogen-bond acceptors (Lipinski definition) is 7. The normalized spacial score (nSPS) is 11.2. The summed E-state index contributed by atoms with van der Waals surface area (Å²) < 4.78 is 11.3. The first-order chi connectivity index (χ1) is 18.9. The van der Waals surface area contributed by atoms with Crippen molar-refractivity contribution in [3.05, 3.63) is 46.6 Å². The van der Waals surface area contributed by atoms with Crippen LogP contribution in [0.25, 0.3) is 22.3 Å². The van der Waals surface area contributed by atoms with Crippen LogP contribution in [-0.2, 0) is 4.79 Å². The molecule has 7 nitrogen and oxygen atoms in total. The van der Waals surface area contributed by atoms with Crippen LogP contribution in [0, 0.1) is 0 Å². The molecule has 2 aromatic carbocycles. The lowest BCUT2D eigenvalue weighted by Gasteiger charge is -2.11. The van der Waals surface area contributed by atoms with E-state index in [4.69, 9.17) is 9.15 Å². The number of benzene rings is 2. The Morgan fingerprint density at radius 1 is 0.744 bits per heavy atom. The van der Waals surface area contributed by atoms with Crippen LogP contribution in [0.2, 0.25) is 0 Å². The summed E-state index contributed by atoms with van der Waals surface area (Å²) >= 11 is 0. The molecule has 3 N–H and O–H groups in total. The minimum atomic E-state index is -0.717. The van der Waals surface area contributed by atoms with Crippen molar-refractivity contribution in [2.24, 2.45) is 0 Å². The fourth-order valence-electron chi connectivity index (χ4n) is 4.79. The second-order valence-corrected chi connectivity index (χ2v) is 10.3. The summed E-state index contributed by atoms with van der Waals surface area (Å²) in [5.41, 5.74) is -0.368. The van der Waals surface area contributed by atoms with E-state index in [1.165, 1.54) is 94.5 Å². The van der Waals surface area contributed by atoms with E-state index in [1.807, 2.05) is 0 Å². The van der Waals surface area contributed by atoms with Gasteiger partial charge in [-0.25, -0.2) is 0 Å². The lowest BCUT2D eigenvalue weighted by Crippen LogP contribution is -2.16. The zero-order valence-corrected chi connectivity index (χ0v) is 23.0. The van der Waals surface area contributed by atoms with Gasteiger partial charge in [-0.15, -0.1) is 0 Å². The van der Waals surface area contributed by atoms with Crippen LogP contribution in [0.4, 0.5) is 0 Å². The molecule has 0 saturated carbocycles. The van der Waals surface area contributed by atoms with E-state index in [0.29, 0.717) is 12.0 Å². The molecule has 0 unspecified atom stereocenters. The zero-order chi connectivity index (χ0) is 28.0. The van der Waals surface area contributed by atoms with E-state index >= 15 is 0 Å². The minimum absolute atomic E-state index is 0.0215. The third kappa shape index (κ3) is 9.34. The quantitative estimate of drug-likeness (QED) is 0.117. The predicted octanol–water partition coefficient (Wildman–Crippen LogP) is 8.35. The number of hydrogen-bond donors (Lipinski definition) is 3. The SMILES string of the molecule is CCCCCCCCCCCCCCCCC(=O)Oc1c(-c2ccc(O)cc2)oc2cc(O)cc(O)c2c1=O. The van der Waals surface area contributed by atoms with Gasteiger partial charge in [0.1, 0.15) is 28.2 Å². The van der Waals surface area contributed by atoms with Crippen LogP contribution in [0.15, 0.2) is 45.6 Å². The van der Waals surface area contributed by atoms with Crippen molar-refractivity contribution < 1.29 is 29.3 Å². The summed E-state index contributed by atoms with van der Waals surface area (Å²) in [4.78, 5) is 25.9. The average molecular weight is 539 g/mol. The molecule has 0 radical (unpaired) electrons. The van der Waals surface area contributed by atoms with Crippen molar-refractivity contribution in [2.45, 2.75) is 103 Å². The van der Waals surface area contributed by atoms with E-state index in [2.05, 4.69) is 6.92 Å². The van der Waals surface area contributed by atoms with Gasteiger partial charge in [-0.05, 0) is 30.7 Å². The first-order valence-corrected chi connectivity index (χ1v) is 14.4. The number of unbranched alkanes of at least 4 members (excludes halogenated alkanes) is 13. The first kappa shape index (κ1) is 30.1. The Labute approximate surface area is 230 Å². The summed E-state index contributed by atoms with van der Waals surface area (Å²) in [6.07, 6.45) is 17.1. The van der Waals surface area contributed by atoms with Crippen LogP contribution in [-0.4, -0.2) is 21.3 Å². The van der Waals surface area contributed by atoms with Crippen molar-refractivity contribution in [3.8, 4) is 34.3 Å². The molecule has 1 aromatic heterocycles. The molecule has 0 aliphatic rings. The van der Waals surface area contributed by atoms with Gasteiger partial charge in [-0.1, -0.05) is 90.4 Å². The van der Waals surface area contributed by atoms with Gasteiger partial charge in [0.15, 0.2) is 5.76 Å². The summed E-state index contributed by atoms with van der Waals surface area (Å²) in [6, 6.07) is 8.11. The smallest absolute Gasteiger partial charge is 0.311 e. The summed E-state index contributed by atoms with van der Waals surface area (Å²) in [7, 11) is 0. The Morgan fingerprint density at radius 2 is 1.28 bits per heavy atom. The van der Waals surface area contributed by atoms with Crippen LogP contribution in [0.3, 0.4) is 0 Å². The molecule has 0 fully saturated rings. The molecule has 0 bridgehead atoms. The highest BCUT2D eigenvalue weighted by atomic mass is 16.5. The molecule has 0 atom stereocenters. The number of carbonyl (C=O) groups excluding carboxylic acids is 1. The lowest BCUT2D eigenvalue weighted by atomic mass is 10.0. The monoisotopic (exact) mass is 538 g/mol. The van der Waals surface area contributed by atoms with Crippen molar-refractivity contribution in [2.75, 3.05) is 0 Å². The molecule has 39 heavy (non-hydrogen) atoms. The van der Waals surface area contributed by atoms with Crippen molar-refractivity contribution in [3.63, 3.8) is 0 Å². The van der Waals surface area contributed by atoms with E-state index in [-0.39, 0.29) is 40.4 Å². The maximum absolute atomic E-state index is 13.2. The van der Waals surface area contributed by atoms with E-state index in [0.717, 1.165) is 25.3 Å². The Hall–Kier alpha value is -3.48. The molecule has 0 saturated heterocycles. The maximum Gasteiger partial charge on any atom is 0.311 e. The maximum atomic E-state index is 13.2. The summed E-state index contributed by atoms with van der Waals surface area (Å²) in [5.74, 6) is -1.63. The van der Waals surface area contributed by atoms with Crippen LogP contribution in [0.5, 0.6) is 23.0 Å². The number of phenols is 3. The van der Waals surface area contributed by atoms with Gasteiger partial charge in [-0.2, -0.15) is 0 Å². The summed E-state index contributed by atoms with van der Waals surface area (Å²) in [5, 5.41) is 29.5. The van der Waals surface area contributed by atoms with Crippen molar-refractivity contribution in [1.29, 1.82) is 0 Å². The minimum Gasteiger partial charge on any atom is -0.508 e. The predicted molar refractivity (Wildman–Crippen MR) is 153 cm³/mol. The first-order valence-electron chi connectivity index (χ1n) is 14.4. The standard InChI is InChI=1S/C32H42O7/c1-2-3-4-5-6-7-8-9-10-11-12-13-14-15-16-28(36)39-32-30(37)29-26(35)21-25(34)22-27(29)38-31(32)23-17-19-24(33)20-18-23/h17-22,33-35H,2-16H2,1H3. The van der Waals surface area contributed by atoms with E-state index in [1.54, 1.807) is 0 Å². The van der Waals surface area contributed by atoms with Gasteiger partial charge < -0.3 is 24.5 Å². The number of fused-ring (bicyclic) bond motifs is 1. The largest absolute Gasteiger partial charge is 0.508 e. The number of esters is 1. The molecule has 212 valence electrons.